The molecule has 0 N–H and O–H groups in total. The van der Waals surface area contributed by atoms with Crippen LogP contribution in [0.2, 0.25) is 0 Å². The lowest BCUT2D eigenvalue weighted by Crippen LogP contribution is -2.34. The summed E-state index contributed by atoms with van der Waals surface area (Å²) < 4.78 is 5.44. The number of carbonyl (C=O) groups excluding carboxylic acids is 1. The number of carbonyl (C=O) groups is 1. The van der Waals surface area contributed by atoms with Crippen LogP contribution in [0, 0.1) is 5.41 Å². The summed E-state index contributed by atoms with van der Waals surface area (Å²) in [5.41, 5.74) is 6.78. The van der Waals surface area contributed by atoms with Gasteiger partial charge in [0.15, 0.2) is 0 Å². The lowest BCUT2D eigenvalue weighted by Gasteiger charge is -2.43. The molecular weight excluding hydrogens is 284 g/mol. The molecule has 0 aliphatic heterocycles. The molecule has 0 bridgehead atoms. The minimum Gasteiger partial charge on any atom is -0.497 e. The number of ether oxygens (including phenoxy) is 1. The first kappa shape index (κ1) is 14.7. The molecule has 1 aromatic carbocycles. The summed E-state index contributed by atoms with van der Waals surface area (Å²) in [4.78, 5) is 12.4. The van der Waals surface area contributed by atoms with Gasteiger partial charge in [0.05, 0.1) is 12.5 Å². The minimum absolute atomic E-state index is 0.0629. The van der Waals surface area contributed by atoms with Crippen molar-refractivity contribution in [3.63, 3.8) is 0 Å². The van der Waals surface area contributed by atoms with Crippen LogP contribution in [0.25, 0.3) is 5.57 Å². The van der Waals surface area contributed by atoms with E-state index in [4.69, 9.17) is 4.74 Å². The lowest BCUT2D eigenvalue weighted by molar-refractivity contribution is -0.124. The predicted octanol–water partition coefficient (Wildman–Crippen LogP) is 4.83. The number of fused-ring (bicyclic) bond motifs is 4. The van der Waals surface area contributed by atoms with Crippen LogP contribution in [-0.4, -0.2) is 12.9 Å². The summed E-state index contributed by atoms with van der Waals surface area (Å²) in [6, 6.07) is 6.47. The number of allylic oxidation sites excluding steroid dienone is 4. The Morgan fingerprint density at radius 2 is 1.91 bits per heavy atom. The molecule has 1 atom stereocenters. The summed E-state index contributed by atoms with van der Waals surface area (Å²) in [7, 11) is 1.73. The van der Waals surface area contributed by atoms with Crippen molar-refractivity contribution < 1.29 is 9.53 Å². The number of Topliss-reactive ketones (excluding diaryl/α,β-unsaturated/α-hetero) is 1. The second-order valence-electron chi connectivity index (χ2n) is 8.01. The van der Waals surface area contributed by atoms with Crippen LogP contribution < -0.4 is 4.74 Å². The highest BCUT2D eigenvalue weighted by Crippen LogP contribution is 2.57. The molecule has 0 aromatic heterocycles. The number of benzene rings is 1. The van der Waals surface area contributed by atoms with E-state index in [2.05, 4.69) is 45.0 Å². The summed E-state index contributed by atoms with van der Waals surface area (Å²) >= 11 is 0. The molecule has 3 aliphatic carbocycles. The van der Waals surface area contributed by atoms with Gasteiger partial charge in [-0.3, -0.25) is 4.79 Å². The molecule has 120 valence electrons. The molecule has 23 heavy (non-hydrogen) atoms. The van der Waals surface area contributed by atoms with Crippen LogP contribution in [-0.2, 0) is 10.2 Å². The summed E-state index contributed by atoms with van der Waals surface area (Å²) in [5, 5.41) is 0. The van der Waals surface area contributed by atoms with Gasteiger partial charge in [-0.2, -0.15) is 0 Å². The SMILES string of the molecule is COc1ccc2c(c1)C(C)(C)CC1=C2CC[C@]2(C)C(=O)CC=C12. The smallest absolute Gasteiger partial charge is 0.146 e. The summed E-state index contributed by atoms with van der Waals surface area (Å²) in [6.07, 6.45) is 5.77. The Bertz CT molecular complexity index is 779. The van der Waals surface area contributed by atoms with E-state index < -0.39 is 0 Å². The molecule has 3 aliphatic rings. The van der Waals surface area contributed by atoms with Crippen molar-refractivity contribution in [2.75, 3.05) is 7.11 Å². The Balaban J connectivity index is 1.93. The van der Waals surface area contributed by atoms with Crippen molar-refractivity contribution in [3.8, 4) is 5.75 Å². The van der Waals surface area contributed by atoms with Crippen LogP contribution in [0.1, 0.15) is 57.6 Å². The fourth-order valence-corrected chi connectivity index (χ4v) is 4.72. The van der Waals surface area contributed by atoms with Crippen LogP contribution in [0.5, 0.6) is 5.75 Å². The molecular formula is C21H24O2. The Morgan fingerprint density at radius 3 is 2.65 bits per heavy atom. The molecule has 0 saturated carbocycles. The highest BCUT2D eigenvalue weighted by Gasteiger charge is 2.47. The van der Waals surface area contributed by atoms with E-state index in [-0.39, 0.29) is 10.8 Å². The molecule has 0 amide bonds. The molecule has 4 rings (SSSR count). The van der Waals surface area contributed by atoms with Crippen LogP contribution in [0.15, 0.2) is 35.4 Å². The van der Waals surface area contributed by atoms with E-state index in [0.29, 0.717) is 12.2 Å². The molecule has 0 radical (unpaired) electrons. The van der Waals surface area contributed by atoms with Gasteiger partial charge in [0.25, 0.3) is 0 Å². The van der Waals surface area contributed by atoms with Gasteiger partial charge in [0.2, 0.25) is 0 Å². The van der Waals surface area contributed by atoms with Crippen molar-refractivity contribution in [2.45, 2.75) is 51.9 Å². The molecule has 2 nitrogen and oxygen atoms in total. The van der Waals surface area contributed by atoms with Gasteiger partial charge in [0.1, 0.15) is 11.5 Å². The maximum Gasteiger partial charge on any atom is 0.146 e. The minimum atomic E-state index is -0.237. The Hall–Kier alpha value is -1.83. The van der Waals surface area contributed by atoms with E-state index in [1.807, 2.05) is 0 Å². The average Bonchev–Trinajstić information content (AvgIpc) is 2.83. The zero-order chi connectivity index (χ0) is 16.4. The Kier molecular flexibility index (Phi) is 2.94. The number of hydrogen-bond donors (Lipinski definition) is 0. The lowest BCUT2D eigenvalue weighted by atomic mass is 9.60. The average molecular weight is 308 g/mol. The molecule has 0 fully saturated rings. The second-order valence-corrected chi connectivity index (χ2v) is 8.01. The highest BCUT2D eigenvalue weighted by molar-refractivity contribution is 5.96. The van der Waals surface area contributed by atoms with E-state index in [1.165, 1.54) is 27.8 Å². The third kappa shape index (κ3) is 1.90. The summed E-state index contributed by atoms with van der Waals surface area (Å²) in [6.45, 7) is 6.76. The maximum atomic E-state index is 12.4. The van der Waals surface area contributed by atoms with Crippen molar-refractivity contribution in [3.05, 3.63) is 46.5 Å². The van der Waals surface area contributed by atoms with E-state index in [0.717, 1.165) is 25.0 Å². The summed E-state index contributed by atoms with van der Waals surface area (Å²) in [5.74, 6) is 1.33. The van der Waals surface area contributed by atoms with Crippen LogP contribution >= 0.6 is 0 Å². The molecule has 0 heterocycles. The fourth-order valence-electron chi connectivity index (χ4n) is 4.72. The van der Waals surface area contributed by atoms with Gasteiger partial charge in [0, 0.05) is 6.42 Å². The number of hydrogen-bond acceptors (Lipinski definition) is 2. The monoisotopic (exact) mass is 308 g/mol. The topological polar surface area (TPSA) is 26.3 Å². The fraction of sp³-hybridized carbons (Fsp3) is 0.476. The van der Waals surface area contributed by atoms with Crippen LogP contribution in [0.4, 0.5) is 0 Å². The normalized spacial score (nSPS) is 28.0. The van der Waals surface area contributed by atoms with Crippen molar-refractivity contribution >= 4 is 11.4 Å². The number of rotatable bonds is 1. The van der Waals surface area contributed by atoms with E-state index >= 15 is 0 Å². The van der Waals surface area contributed by atoms with Gasteiger partial charge in [-0.15, -0.1) is 0 Å². The first-order valence-electron chi connectivity index (χ1n) is 8.52. The largest absolute Gasteiger partial charge is 0.497 e. The second kappa shape index (κ2) is 4.59. The first-order valence-corrected chi connectivity index (χ1v) is 8.52. The van der Waals surface area contributed by atoms with Crippen molar-refractivity contribution in [1.29, 1.82) is 0 Å². The van der Waals surface area contributed by atoms with Gasteiger partial charge >= 0.3 is 0 Å². The Labute approximate surface area is 138 Å². The van der Waals surface area contributed by atoms with Crippen molar-refractivity contribution in [1.82, 2.24) is 0 Å². The number of methoxy groups -OCH3 is 1. The molecule has 0 unspecified atom stereocenters. The van der Waals surface area contributed by atoms with E-state index in [1.54, 1.807) is 7.11 Å². The van der Waals surface area contributed by atoms with Gasteiger partial charge in [-0.25, -0.2) is 0 Å². The van der Waals surface area contributed by atoms with Crippen LogP contribution in [0.3, 0.4) is 0 Å². The Morgan fingerprint density at radius 1 is 1.13 bits per heavy atom. The third-order valence-electron chi connectivity index (χ3n) is 6.17. The molecule has 1 aromatic rings. The third-order valence-corrected chi connectivity index (χ3v) is 6.17. The van der Waals surface area contributed by atoms with Crippen molar-refractivity contribution in [2.24, 2.45) is 5.41 Å². The van der Waals surface area contributed by atoms with E-state index in [9.17, 15) is 4.79 Å². The highest BCUT2D eigenvalue weighted by atomic mass is 16.5. The van der Waals surface area contributed by atoms with Gasteiger partial charge < -0.3 is 4.74 Å². The zero-order valence-corrected chi connectivity index (χ0v) is 14.5. The molecule has 0 spiro atoms. The quantitative estimate of drug-likeness (QED) is 0.743. The maximum absolute atomic E-state index is 12.4. The zero-order valence-electron chi connectivity index (χ0n) is 14.5. The first-order chi connectivity index (χ1) is 10.9. The molecule has 2 heteroatoms. The predicted molar refractivity (Wildman–Crippen MR) is 92.6 cm³/mol. The molecule has 0 saturated heterocycles. The van der Waals surface area contributed by atoms with Gasteiger partial charge in [-0.1, -0.05) is 26.0 Å². The number of ketones is 1. The standard InChI is InChI=1S/C21H24O2/c1-20(2)12-16-14(15-6-5-13(23-4)11-18(15)20)9-10-21(3)17(16)7-8-19(21)22/h5-7,11H,8-10,12H2,1-4H3/t21-/m0/s1. The van der Waals surface area contributed by atoms with Gasteiger partial charge in [-0.05, 0) is 71.6 Å².